The largest absolute Gasteiger partial charge is 0.416 e. The van der Waals surface area contributed by atoms with Gasteiger partial charge in [-0.1, -0.05) is 18.2 Å². The second-order valence-electron chi connectivity index (χ2n) is 5.77. The zero-order valence-corrected chi connectivity index (χ0v) is 13.2. The Bertz CT molecular complexity index is 973. The maximum Gasteiger partial charge on any atom is 0.416 e. The molecule has 132 valence electrons. The van der Waals surface area contributed by atoms with Gasteiger partial charge in [-0.05, 0) is 47.5 Å². The van der Waals surface area contributed by atoms with Crippen LogP contribution in [-0.4, -0.2) is 14.8 Å². The minimum absolute atomic E-state index is 0.0628. The fourth-order valence-electron chi connectivity index (χ4n) is 2.97. The molecule has 4 rings (SSSR count). The quantitative estimate of drug-likeness (QED) is 0.685. The van der Waals surface area contributed by atoms with Gasteiger partial charge in [-0.25, -0.2) is 9.07 Å². The third-order valence-electron chi connectivity index (χ3n) is 4.15. The van der Waals surface area contributed by atoms with Gasteiger partial charge in [0.2, 0.25) is 5.95 Å². The van der Waals surface area contributed by atoms with Crippen LogP contribution in [0.2, 0.25) is 0 Å². The van der Waals surface area contributed by atoms with E-state index in [0.29, 0.717) is 17.2 Å². The zero-order valence-electron chi connectivity index (χ0n) is 13.2. The van der Waals surface area contributed by atoms with Gasteiger partial charge in [0.25, 0.3) is 0 Å². The molecule has 1 unspecified atom stereocenters. The highest BCUT2D eigenvalue weighted by molar-refractivity contribution is 5.77. The maximum absolute atomic E-state index is 13.4. The number of nitrogens with one attached hydrogen (secondary N) is 1. The van der Waals surface area contributed by atoms with E-state index in [1.807, 2.05) is 0 Å². The third kappa shape index (κ3) is 2.83. The summed E-state index contributed by atoms with van der Waals surface area (Å²) in [6.07, 6.45) is -1.60. The maximum atomic E-state index is 13.4. The van der Waals surface area contributed by atoms with Gasteiger partial charge in [-0.15, -0.1) is 0 Å². The lowest BCUT2D eigenvalue weighted by Gasteiger charge is -2.26. The van der Waals surface area contributed by atoms with Gasteiger partial charge in [0.15, 0.2) is 0 Å². The molecule has 0 saturated carbocycles. The summed E-state index contributed by atoms with van der Waals surface area (Å²) in [6.45, 7) is 0. The number of rotatable bonds is 2. The number of allylic oxidation sites excluding steroid dienone is 1. The van der Waals surface area contributed by atoms with Gasteiger partial charge < -0.3 is 5.32 Å². The third-order valence-corrected chi connectivity index (χ3v) is 4.15. The Morgan fingerprint density at radius 1 is 1.00 bits per heavy atom. The normalized spacial score (nSPS) is 16.6. The lowest BCUT2D eigenvalue weighted by Crippen LogP contribution is -2.22. The van der Waals surface area contributed by atoms with Crippen molar-refractivity contribution in [1.82, 2.24) is 14.8 Å². The van der Waals surface area contributed by atoms with E-state index in [-0.39, 0.29) is 5.56 Å². The summed E-state index contributed by atoms with van der Waals surface area (Å²) in [6, 6.07) is 10.2. The second-order valence-corrected chi connectivity index (χ2v) is 5.77. The van der Waals surface area contributed by atoms with Gasteiger partial charge in [-0.3, -0.25) is 0 Å². The predicted octanol–water partition coefficient (Wildman–Crippen LogP) is 4.49. The average molecular weight is 360 g/mol. The van der Waals surface area contributed by atoms with Crippen molar-refractivity contribution in [3.63, 3.8) is 0 Å². The Balaban J connectivity index is 1.86. The number of hydrogen-bond donors (Lipinski definition) is 1. The summed E-state index contributed by atoms with van der Waals surface area (Å²) in [7, 11) is 0. The van der Waals surface area contributed by atoms with Crippen molar-refractivity contribution in [2.24, 2.45) is 0 Å². The predicted molar refractivity (Wildman–Crippen MR) is 87.6 cm³/mol. The van der Waals surface area contributed by atoms with Crippen LogP contribution in [0.4, 0.5) is 23.5 Å². The summed E-state index contributed by atoms with van der Waals surface area (Å²) in [5.41, 5.74) is 0.499. The van der Waals surface area contributed by atoms with Crippen molar-refractivity contribution in [1.29, 1.82) is 0 Å². The summed E-state index contributed by atoms with van der Waals surface area (Å²) in [5, 5.41) is 7.07. The van der Waals surface area contributed by atoms with E-state index in [2.05, 4.69) is 15.4 Å². The Kier molecular flexibility index (Phi) is 3.75. The number of alkyl halides is 3. The highest BCUT2D eigenvalue weighted by Gasteiger charge is 2.36. The molecule has 1 aliphatic rings. The van der Waals surface area contributed by atoms with Crippen molar-refractivity contribution in [2.75, 3.05) is 5.32 Å². The number of nitrogens with zero attached hydrogens (tertiary/aromatic N) is 3. The molecule has 0 amide bonds. The van der Waals surface area contributed by atoms with Crippen molar-refractivity contribution in [3.05, 3.63) is 83.4 Å². The Morgan fingerprint density at radius 3 is 2.46 bits per heavy atom. The van der Waals surface area contributed by atoms with E-state index in [1.54, 1.807) is 24.3 Å². The van der Waals surface area contributed by atoms with Gasteiger partial charge in [0, 0.05) is 5.70 Å². The topological polar surface area (TPSA) is 42.7 Å². The average Bonchev–Trinajstić information content (AvgIpc) is 3.09. The molecule has 0 aliphatic carbocycles. The molecule has 2 aromatic carbocycles. The number of benzene rings is 2. The van der Waals surface area contributed by atoms with Crippen LogP contribution in [0.5, 0.6) is 0 Å². The van der Waals surface area contributed by atoms with E-state index in [9.17, 15) is 17.6 Å². The molecule has 2 heterocycles. The Morgan fingerprint density at radius 2 is 1.73 bits per heavy atom. The first-order valence-electron chi connectivity index (χ1n) is 7.74. The first-order chi connectivity index (χ1) is 12.4. The summed E-state index contributed by atoms with van der Waals surface area (Å²) >= 11 is 0. The van der Waals surface area contributed by atoms with Crippen LogP contribution in [0, 0.1) is 5.82 Å². The molecular weight excluding hydrogens is 348 g/mol. The van der Waals surface area contributed by atoms with Gasteiger partial charge in [0.05, 0.1) is 5.56 Å². The van der Waals surface area contributed by atoms with Crippen LogP contribution in [0.3, 0.4) is 0 Å². The second kappa shape index (κ2) is 5.98. The Hall–Kier alpha value is -3.16. The fraction of sp³-hybridized carbons (Fsp3) is 0.111. The van der Waals surface area contributed by atoms with E-state index < -0.39 is 23.6 Å². The molecule has 0 saturated heterocycles. The monoisotopic (exact) mass is 360 g/mol. The smallest absolute Gasteiger partial charge is 0.324 e. The zero-order chi connectivity index (χ0) is 18.3. The van der Waals surface area contributed by atoms with Gasteiger partial charge in [0.1, 0.15) is 18.2 Å². The number of fused-ring (bicyclic) bond motifs is 1. The SMILES string of the molecule is Fc1ccc(C2=CC(c3ccccc3C(F)(F)F)n3ncnc3N2)cc1. The van der Waals surface area contributed by atoms with Crippen LogP contribution >= 0.6 is 0 Å². The minimum atomic E-state index is -4.49. The Labute approximate surface area is 145 Å². The molecule has 26 heavy (non-hydrogen) atoms. The lowest BCUT2D eigenvalue weighted by molar-refractivity contribution is -0.138. The van der Waals surface area contributed by atoms with Crippen LogP contribution in [0.25, 0.3) is 5.70 Å². The van der Waals surface area contributed by atoms with Crippen molar-refractivity contribution >= 4 is 11.6 Å². The molecule has 0 spiro atoms. The number of halogens is 4. The first-order valence-corrected chi connectivity index (χ1v) is 7.74. The fourth-order valence-corrected chi connectivity index (χ4v) is 2.97. The minimum Gasteiger partial charge on any atom is -0.324 e. The standard InChI is InChI=1S/C18H12F4N4/c19-12-7-5-11(6-8-12)15-9-16(26-17(25-15)23-10-24-26)13-3-1-2-4-14(13)18(20,21)22/h1-10,16H,(H,23,24,25). The summed E-state index contributed by atoms with van der Waals surface area (Å²) < 4.78 is 54.9. The molecule has 8 heteroatoms. The summed E-state index contributed by atoms with van der Waals surface area (Å²) in [4.78, 5) is 4.06. The number of hydrogen-bond acceptors (Lipinski definition) is 3. The van der Waals surface area contributed by atoms with Crippen LogP contribution in [0.15, 0.2) is 60.9 Å². The molecule has 0 fully saturated rings. The van der Waals surface area contributed by atoms with Crippen LogP contribution < -0.4 is 5.32 Å². The lowest BCUT2D eigenvalue weighted by atomic mass is 9.97. The van der Waals surface area contributed by atoms with E-state index in [1.165, 1.54) is 35.3 Å². The van der Waals surface area contributed by atoms with Crippen LogP contribution in [0.1, 0.15) is 22.7 Å². The highest BCUT2D eigenvalue weighted by atomic mass is 19.4. The van der Waals surface area contributed by atoms with Crippen molar-refractivity contribution < 1.29 is 17.6 Å². The van der Waals surface area contributed by atoms with E-state index in [0.717, 1.165) is 6.07 Å². The molecule has 1 aliphatic heterocycles. The molecule has 0 bridgehead atoms. The molecule has 1 aromatic heterocycles. The van der Waals surface area contributed by atoms with E-state index >= 15 is 0 Å². The van der Waals surface area contributed by atoms with Gasteiger partial charge in [-0.2, -0.15) is 23.3 Å². The van der Waals surface area contributed by atoms with Gasteiger partial charge >= 0.3 is 6.18 Å². The molecule has 4 nitrogen and oxygen atoms in total. The van der Waals surface area contributed by atoms with Crippen LogP contribution in [-0.2, 0) is 6.18 Å². The van der Waals surface area contributed by atoms with Crippen molar-refractivity contribution in [2.45, 2.75) is 12.2 Å². The van der Waals surface area contributed by atoms with E-state index in [4.69, 9.17) is 0 Å². The molecule has 1 N–H and O–H groups in total. The molecular formula is C18H12F4N4. The van der Waals surface area contributed by atoms with Crippen molar-refractivity contribution in [3.8, 4) is 0 Å². The molecule has 0 radical (unpaired) electrons. The highest BCUT2D eigenvalue weighted by Crippen LogP contribution is 2.39. The number of aromatic nitrogens is 3. The summed E-state index contributed by atoms with van der Waals surface area (Å²) in [5.74, 6) is -0.0823. The molecule has 3 aromatic rings. The number of anilines is 1. The first kappa shape index (κ1) is 16.3. The molecule has 1 atom stereocenters.